The zero-order chi connectivity index (χ0) is 22.9. The Bertz CT molecular complexity index is 905. The SMILES string of the molecule is CCc1ccc(C(CC(C)c2ccc(C(C)CC)cc2)CC(CC)c2ccccc2)cc1. The average molecular weight is 427 g/mol. The first-order valence-corrected chi connectivity index (χ1v) is 12.8. The maximum absolute atomic E-state index is 2.41. The minimum atomic E-state index is 0.546. The van der Waals surface area contributed by atoms with Gasteiger partial charge in [-0.25, -0.2) is 0 Å². The molecule has 0 aliphatic heterocycles. The van der Waals surface area contributed by atoms with Crippen molar-refractivity contribution in [2.24, 2.45) is 0 Å². The third-order valence-electron chi connectivity index (χ3n) is 7.52. The summed E-state index contributed by atoms with van der Waals surface area (Å²) >= 11 is 0. The lowest BCUT2D eigenvalue weighted by molar-refractivity contribution is 0.467. The lowest BCUT2D eigenvalue weighted by Gasteiger charge is -2.27. The van der Waals surface area contributed by atoms with Gasteiger partial charge in [-0.3, -0.25) is 0 Å². The van der Waals surface area contributed by atoms with Gasteiger partial charge in [0.2, 0.25) is 0 Å². The van der Waals surface area contributed by atoms with Gasteiger partial charge in [-0.05, 0) is 83.6 Å². The standard InChI is InChI=1S/C32H42/c1-6-24(4)28-18-20-29(21-19-28)25(5)22-32(31-16-14-26(7-2)15-17-31)23-27(8-3)30-12-10-9-11-13-30/h9-21,24-25,27,32H,6-8,22-23H2,1-5H3. The van der Waals surface area contributed by atoms with Gasteiger partial charge in [0.1, 0.15) is 0 Å². The summed E-state index contributed by atoms with van der Waals surface area (Å²) in [5.41, 5.74) is 7.34. The molecule has 4 unspecified atom stereocenters. The first-order chi connectivity index (χ1) is 15.5. The molecule has 4 atom stereocenters. The molecule has 0 aliphatic rings. The van der Waals surface area contributed by atoms with Gasteiger partial charge >= 0.3 is 0 Å². The van der Waals surface area contributed by atoms with E-state index in [0.29, 0.717) is 23.7 Å². The lowest BCUT2D eigenvalue weighted by atomic mass is 9.78. The first kappa shape index (κ1) is 24.3. The molecule has 0 amide bonds. The Morgan fingerprint density at radius 1 is 0.500 bits per heavy atom. The molecule has 0 N–H and O–H groups in total. The quantitative estimate of drug-likeness (QED) is 0.286. The second kappa shape index (κ2) is 12.0. The second-order valence-electron chi connectivity index (χ2n) is 9.66. The van der Waals surface area contributed by atoms with Crippen molar-refractivity contribution < 1.29 is 0 Å². The maximum atomic E-state index is 2.41. The number of hydrogen-bond donors (Lipinski definition) is 0. The molecule has 0 fully saturated rings. The highest BCUT2D eigenvalue weighted by Crippen LogP contribution is 2.38. The van der Waals surface area contributed by atoms with E-state index in [2.05, 4.69) is 113 Å². The summed E-state index contributed by atoms with van der Waals surface area (Å²) in [6.07, 6.45) is 5.89. The third-order valence-corrected chi connectivity index (χ3v) is 7.52. The Hall–Kier alpha value is -2.34. The summed E-state index contributed by atoms with van der Waals surface area (Å²) in [5, 5.41) is 0. The molecule has 0 bridgehead atoms. The van der Waals surface area contributed by atoms with Crippen LogP contribution in [0.4, 0.5) is 0 Å². The van der Waals surface area contributed by atoms with Crippen LogP contribution in [0.1, 0.15) is 112 Å². The zero-order valence-electron chi connectivity index (χ0n) is 20.9. The van der Waals surface area contributed by atoms with E-state index in [9.17, 15) is 0 Å². The van der Waals surface area contributed by atoms with Crippen LogP contribution in [0.3, 0.4) is 0 Å². The van der Waals surface area contributed by atoms with Crippen molar-refractivity contribution in [1.29, 1.82) is 0 Å². The molecule has 0 radical (unpaired) electrons. The van der Waals surface area contributed by atoms with Crippen LogP contribution in [0.25, 0.3) is 0 Å². The number of hydrogen-bond acceptors (Lipinski definition) is 0. The molecule has 3 rings (SSSR count). The molecular formula is C32H42. The van der Waals surface area contributed by atoms with Crippen LogP contribution >= 0.6 is 0 Å². The summed E-state index contributed by atoms with van der Waals surface area (Å²) < 4.78 is 0. The van der Waals surface area contributed by atoms with Crippen LogP contribution in [-0.2, 0) is 6.42 Å². The van der Waals surface area contributed by atoms with E-state index in [0.717, 1.165) is 6.42 Å². The molecule has 0 nitrogen and oxygen atoms in total. The number of aryl methyl sites for hydroxylation is 1. The molecule has 170 valence electrons. The van der Waals surface area contributed by atoms with Crippen molar-refractivity contribution in [3.05, 3.63) is 107 Å². The molecule has 0 heteroatoms. The van der Waals surface area contributed by atoms with Gasteiger partial charge < -0.3 is 0 Å². The van der Waals surface area contributed by atoms with E-state index in [1.165, 1.54) is 53.5 Å². The fraction of sp³-hybridized carbons (Fsp3) is 0.438. The van der Waals surface area contributed by atoms with Gasteiger partial charge in [0.15, 0.2) is 0 Å². The molecule has 0 spiro atoms. The molecule has 3 aromatic rings. The summed E-state index contributed by atoms with van der Waals surface area (Å²) in [5.74, 6) is 2.35. The minimum absolute atomic E-state index is 0.546. The summed E-state index contributed by atoms with van der Waals surface area (Å²) in [6.45, 7) is 11.6. The molecule has 0 aliphatic carbocycles. The van der Waals surface area contributed by atoms with Gasteiger partial charge in [-0.1, -0.05) is 113 Å². The van der Waals surface area contributed by atoms with Crippen LogP contribution in [0.15, 0.2) is 78.9 Å². The van der Waals surface area contributed by atoms with Crippen molar-refractivity contribution in [3.8, 4) is 0 Å². The van der Waals surface area contributed by atoms with Crippen LogP contribution in [0, 0.1) is 0 Å². The highest BCUT2D eigenvalue weighted by atomic mass is 14.3. The fourth-order valence-electron chi connectivity index (χ4n) is 4.95. The van der Waals surface area contributed by atoms with Crippen molar-refractivity contribution in [3.63, 3.8) is 0 Å². The summed E-state index contributed by atoms with van der Waals surface area (Å²) in [4.78, 5) is 0. The van der Waals surface area contributed by atoms with E-state index in [4.69, 9.17) is 0 Å². The Morgan fingerprint density at radius 3 is 1.56 bits per heavy atom. The van der Waals surface area contributed by atoms with Gasteiger partial charge in [0.05, 0.1) is 0 Å². The van der Waals surface area contributed by atoms with Crippen LogP contribution in [0.2, 0.25) is 0 Å². The Balaban J connectivity index is 1.82. The fourth-order valence-corrected chi connectivity index (χ4v) is 4.95. The van der Waals surface area contributed by atoms with Gasteiger partial charge in [0.25, 0.3) is 0 Å². The van der Waals surface area contributed by atoms with Gasteiger partial charge in [0, 0.05) is 0 Å². The highest BCUT2D eigenvalue weighted by molar-refractivity contribution is 5.30. The average Bonchev–Trinajstić information content (AvgIpc) is 2.86. The maximum Gasteiger partial charge on any atom is -0.0150 e. The third kappa shape index (κ3) is 6.35. The zero-order valence-corrected chi connectivity index (χ0v) is 20.9. The topological polar surface area (TPSA) is 0 Å². The predicted molar refractivity (Wildman–Crippen MR) is 141 cm³/mol. The van der Waals surface area contributed by atoms with Crippen LogP contribution < -0.4 is 0 Å². The van der Waals surface area contributed by atoms with Crippen LogP contribution in [-0.4, -0.2) is 0 Å². The summed E-state index contributed by atoms with van der Waals surface area (Å²) in [6, 6.07) is 30.0. The van der Waals surface area contributed by atoms with E-state index in [-0.39, 0.29) is 0 Å². The molecular weight excluding hydrogens is 384 g/mol. The van der Waals surface area contributed by atoms with E-state index < -0.39 is 0 Å². The molecule has 0 aromatic heterocycles. The van der Waals surface area contributed by atoms with Gasteiger partial charge in [-0.15, -0.1) is 0 Å². The van der Waals surface area contributed by atoms with Crippen molar-refractivity contribution in [2.45, 2.75) is 90.4 Å². The number of benzene rings is 3. The molecule has 3 aromatic carbocycles. The largest absolute Gasteiger partial charge is 0.0648 e. The predicted octanol–water partition coefficient (Wildman–Crippen LogP) is 9.62. The normalized spacial score (nSPS) is 15.2. The monoisotopic (exact) mass is 426 g/mol. The Labute approximate surface area is 197 Å². The minimum Gasteiger partial charge on any atom is -0.0648 e. The smallest absolute Gasteiger partial charge is 0.0150 e. The van der Waals surface area contributed by atoms with E-state index >= 15 is 0 Å². The molecule has 0 saturated heterocycles. The highest BCUT2D eigenvalue weighted by Gasteiger charge is 2.22. The van der Waals surface area contributed by atoms with Crippen LogP contribution in [0.5, 0.6) is 0 Å². The lowest BCUT2D eigenvalue weighted by Crippen LogP contribution is -2.10. The van der Waals surface area contributed by atoms with Crippen molar-refractivity contribution >= 4 is 0 Å². The second-order valence-corrected chi connectivity index (χ2v) is 9.66. The van der Waals surface area contributed by atoms with Gasteiger partial charge in [-0.2, -0.15) is 0 Å². The molecule has 0 saturated carbocycles. The van der Waals surface area contributed by atoms with E-state index in [1.54, 1.807) is 0 Å². The first-order valence-electron chi connectivity index (χ1n) is 12.8. The number of rotatable bonds is 11. The van der Waals surface area contributed by atoms with Crippen molar-refractivity contribution in [2.75, 3.05) is 0 Å². The molecule has 32 heavy (non-hydrogen) atoms. The van der Waals surface area contributed by atoms with Crippen molar-refractivity contribution in [1.82, 2.24) is 0 Å². The Kier molecular flexibility index (Phi) is 9.15. The summed E-state index contributed by atoms with van der Waals surface area (Å²) in [7, 11) is 0. The molecule has 0 heterocycles. The Morgan fingerprint density at radius 2 is 1.03 bits per heavy atom. The van der Waals surface area contributed by atoms with E-state index in [1.807, 2.05) is 0 Å².